The van der Waals surface area contributed by atoms with Gasteiger partial charge in [-0.3, -0.25) is 10.1 Å². The second-order valence-electron chi connectivity index (χ2n) is 3.63. The number of anilines is 2. The van der Waals surface area contributed by atoms with E-state index in [1.807, 2.05) is 31.7 Å². The van der Waals surface area contributed by atoms with E-state index in [0.29, 0.717) is 17.9 Å². The van der Waals surface area contributed by atoms with E-state index in [4.69, 9.17) is 0 Å². The number of hydrogen-bond donors (Lipinski definition) is 1. The van der Waals surface area contributed by atoms with Gasteiger partial charge < -0.3 is 10.2 Å². The van der Waals surface area contributed by atoms with E-state index in [1.165, 1.54) is 0 Å². The Balaban J connectivity index is 3.28. The minimum Gasteiger partial charge on any atom is -0.380 e. The summed E-state index contributed by atoms with van der Waals surface area (Å²) in [4.78, 5) is 12.9. The van der Waals surface area contributed by atoms with Crippen LogP contribution in [-0.2, 0) is 0 Å². The summed E-state index contributed by atoms with van der Waals surface area (Å²) >= 11 is 0. The third-order valence-electron chi connectivity index (χ3n) is 2.67. The minimum absolute atomic E-state index is 0.165. The van der Waals surface area contributed by atoms with Gasteiger partial charge in [0.2, 0.25) is 0 Å². The summed E-state index contributed by atoms with van der Waals surface area (Å²) in [6.45, 7) is 8.09. The molecule has 1 aromatic carbocycles. The molecule has 0 heterocycles. The molecule has 0 aromatic heterocycles. The summed E-state index contributed by atoms with van der Waals surface area (Å²) in [6, 6.07) is 5.39. The number of nitrogens with one attached hydrogen (secondary N) is 1. The summed E-state index contributed by atoms with van der Waals surface area (Å²) in [5, 5.41) is 14.2. The van der Waals surface area contributed by atoms with Crippen LogP contribution in [0.2, 0.25) is 0 Å². The fourth-order valence-corrected chi connectivity index (χ4v) is 1.88. The molecule has 0 aliphatic carbocycles. The van der Waals surface area contributed by atoms with Gasteiger partial charge in [0.15, 0.2) is 0 Å². The Labute approximate surface area is 102 Å². The third kappa shape index (κ3) is 2.87. The highest BCUT2D eigenvalue weighted by Crippen LogP contribution is 2.35. The van der Waals surface area contributed by atoms with Crippen LogP contribution in [0.4, 0.5) is 17.1 Å². The van der Waals surface area contributed by atoms with Crippen molar-refractivity contribution in [3.05, 3.63) is 28.3 Å². The zero-order chi connectivity index (χ0) is 12.8. The molecular formula is C12H19N3O2. The maximum absolute atomic E-state index is 11.2. The molecule has 0 bridgehead atoms. The normalized spacial score (nSPS) is 10.1. The van der Waals surface area contributed by atoms with E-state index in [1.54, 1.807) is 12.1 Å². The zero-order valence-corrected chi connectivity index (χ0v) is 10.6. The molecule has 1 aromatic rings. The molecule has 0 aliphatic heterocycles. The highest BCUT2D eigenvalue weighted by Gasteiger charge is 2.21. The van der Waals surface area contributed by atoms with Crippen LogP contribution in [0.5, 0.6) is 0 Å². The molecule has 0 fully saturated rings. The topological polar surface area (TPSA) is 58.4 Å². The van der Waals surface area contributed by atoms with Gasteiger partial charge in [0.05, 0.1) is 4.92 Å². The van der Waals surface area contributed by atoms with Gasteiger partial charge >= 0.3 is 5.69 Å². The molecule has 0 saturated heterocycles. The molecule has 0 unspecified atom stereocenters. The van der Waals surface area contributed by atoms with Crippen molar-refractivity contribution in [1.29, 1.82) is 0 Å². The van der Waals surface area contributed by atoms with Crippen LogP contribution in [0.1, 0.15) is 20.8 Å². The van der Waals surface area contributed by atoms with Crippen LogP contribution < -0.4 is 10.2 Å². The largest absolute Gasteiger partial charge is 0.380 e. The minimum atomic E-state index is -0.314. The molecule has 17 heavy (non-hydrogen) atoms. The molecule has 0 amide bonds. The first-order chi connectivity index (χ1) is 8.15. The Morgan fingerprint density at radius 2 is 1.94 bits per heavy atom. The Kier molecular flexibility index (Phi) is 4.75. The summed E-state index contributed by atoms with van der Waals surface area (Å²) < 4.78 is 0. The van der Waals surface area contributed by atoms with E-state index >= 15 is 0 Å². The molecule has 0 saturated carbocycles. The first-order valence-electron chi connectivity index (χ1n) is 5.91. The lowest BCUT2D eigenvalue weighted by atomic mass is 10.2. The molecular weight excluding hydrogens is 218 g/mol. The lowest BCUT2D eigenvalue weighted by molar-refractivity contribution is -0.383. The third-order valence-corrected chi connectivity index (χ3v) is 2.67. The van der Waals surface area contributed by atoms with Gasteiger partial charge in [-0.2, -0.15) is 0 Å². The fourth-order valence-electron chi connectivity index (χ4n) is 1.88. The highest BCUT2D eigenvalue weighted by molar-refractivity contribution is 5.77. The fraction of sp³-hybridized carbons (Fsp3) is 0.500. The first-order valence-corrected chi connectivity index (χ1v) is 5.91. The lowest BCUT2D eigenvalue weighted by Gasteiger charge is -2.21. The summed E-state index contributed by atoms with van der Waals surface area (Å²) in [5.41, 5.74) is 1.43. The van der Waals surface area contributed by atoms with Gasteiger partial charge in [-0.1, -0.05) is 6.07 Å². The van der Waals surface area contributed by atoms with Crippen LogP contribution in [-0.4, -0.2) is 24.6 Å². The van der Waals surface area contributed by atoms with E-state index < -0.39 is 0 Å². The zero-order valence-electron chi connectivity index (χ0n) is 10.6. The molecule has 0 spiro atoms. The van der Waals surface area contributed by atoms with E-state index in [-0.39, 0.29) is 10.6 Å². The molecule has 0 aliphatic rings. The van der Waals surface area contributed by atoms with Gasteiger partial charge in [-0.05, 0) is 32.9 Å². The quantitative estimate of drug-likeness (QED) is 0.610. The van der Waals surface area contributed by atoms with E-state index in [9.17, 15) is 10.1 Å². The van der Waals surface area contributed by atoms with Crippen molar-refractivity contribution in [2.45, 2.75) is 20.8 Å². The van der Waals surface area contributed by atoms with Crippen molar-refractivity contribution in [2.24, 2.45) is 0 Å². The van der Waals surface area contributed by atoms with Gasteiger partial charge in [0, 0.05) is 19.6 Å². The van der Waals surface area contributed by atoms with Crippen LogP contribution >= 0.6 is 0 Å². The number of para-hydroxylation sites is 1. The maximum atomic E-state index is 11.2. The molecule has 1 N–H and O–H groups in total. The van der Waals surface area contributed by atoms with Crippen molar-refractivity contribution in [2.75, 3.05) is 29.9 Å². The van der Waals surface area contributed by atoms with Gasteiger partial charge in [0.25, 0.3) is 0 Å². The first kappa shape index (κ1) is 13.3. The standard InChI is InChI=1S/C12H19N3O2/c1-4-13-10-8-7-9-11(12(10)15(16)17)14(5-2)6-3/h7-9,13H,4-6H2,1-3H3. The van der Waals surface area contributed by atoms with Crippen molar-refractivity contribution in [1.82, 2.24) is 0 Å². The monoisotopic (exact) mass is 237 g/mol. The molecule has 5 heteroatoms. The SMILES string of the molecule is CCNc1cccc(N(CC)CC)c1[N+](=O)[O-]. The molecule has 94 valence electrons. The van der Waals surface area contributed by atoms with E-state index in [0.717, 1.165) is 13.1 Å². The Morgan fingerprint density at radius 3 is 2.41 bits per heavy atom. The molecule has 5 nitrogen and oxygen atoms in total. The van der Waals surface area contributed by atoms with Gasteiger partial charge in [-0.15, -0.1) is 0 Å². The lowest BCUT2D eigenvalue weighted by Crippen LogP contribution is -2.23. The van der Waals surface area contributed by atoms with Gasteiger partial charge in [-0.25, -0.2) is 0 Å². The molecule has 1 rings (SSSR count). The number of rotatable bonds is 6. The number of nitrogens with zero attached hydrogens (tertiary/aromatic N) is 2. The molecule has 0 atom stereocenters. The van der Waals surface area contributed by atoms with Crippen molar-refractivity contribution < 1.29 is 4.92 Å². The van der Waals surface area contributed by atoms with Crippen molar-refractivity contribution in [3.8, 4) is 0 Å². The van der Waals surface area contributed by atoms with Crippen LogP contribution in [0.15, 0.2) is 18.2 Å². The summed E-state index contributed by atoms with van der Waals surface area (Å²) in [7, 11) is 0. The number of benzene rings is 1. The average Bonchev–Trinajstić information content (AvgIpc) is 2.31. The summed E-state index contributed by atoms with van der Waals surface area (Å²) in [5.74, 6) is 0. The number of nitro groups is 1. The Morgan fingerprint density at radius 1 is 1.29 bits per heavy atom. The smallest absolute Gasteiger partial charge is 0.315 e. The average molecular weight is 237 g/mol. The number of hydrogen-bond acceptors (Lipinski definition) is 4. The maximum Gasteiger partial charge on any atom is 0.315 e. The van der Waals surface area contributed by atoms with Gasteiger partial charge in [0.1, 0.15) is 11.4 Å². The summed E-state index contributed by atoms with van der Waals surface area (Å²) in [6.07, 6.45) is 0. The van der Waals surface area contributed by atoms with E-state index in [2.05, 4.69) is 5.32 Å². The van der Waals surface area contributed by atoms with Crippen LogP contribution in [0.3, 0.4) is 0 Å². The predicted octanol–water partition coefficient (Wildman–Crippen LogP) is 2.87. The Bertz CT molecular complexity index is 389. The second-order valence-corrected chi connectivity index (χ2v) is 3.63. The second kappa shape index (κ2) is 6.08. The van der Waals surface area contributed by atoms with Crippen molar-refractivity contribution >= 4 is 17.1 Å². The van der Waals surface area contributed by atoms with Crippen LogP contribution in [0.25, 0.3) is 0 Å². The predicted molar refractivity (Wildman–Crippen MR) is 70.8 cm³/mol. The molecule has 0 radical (unpaired) electrons. The van der Waals surface area contributed by atoms with Crippen LogP contribution in [0, 0.1) is 10.1 Å². The van der Waals surface area contributed by atoms with Crippen molar-refractivity contribution in [3.63, 3.8) is 0 Å². The number of nitro benzene ring substituents is 1. The highest BCUT2D eigenvalue weighted by atomic mass is 16.6. The Hall–Kier alpha value is -1.78.